The SMILES string of the molecule is CC1CCN(CC(=O)NC(=O)NCc2ccco2)CC1. The molecule has 2 N–H and O–H groups in total. The molecule has 3 amide bonds. The highest BCUT2D eigenvalue weighted by Crippen LogP contribution is 2.15. The molecule has 1 aliphatic rings. The molecule has 2 rings (SSSR count). The van der Waals surface area contributed by atoms with Crippen LogP contribution in [-0.4, -0.2) is 36.5 Å². The monoisotopic (exact) mass is 279 g/mol. The van der Waals surface area contributed by atoms with Gasteiger partial charge in [-0.05, 0) is 44.0 Å². The molecule has 0 aromatic carbocycles. The van der Waals surface area contributed by atoms with Crippen LogP contribution < -0.4 is 10.6 Å². The maximum atomic E-state index is 11.7. The fraction of sp³-hybridized carbons (Fsp3) is 0.571. The third-order valence-electron chi connectivity index (χ3n) is 3.50. The van der Waals surface area contributed by atoms with Crippen LogP contribution in [0.2, 0.25) is 0 Å². The number of nitrogens with one attached hydrogen (secondary N) is 2. The lowest BCUT2D eigenvalue weighted by molar-refractivity contribution is -0.121. The molecule has 1 aromatic rings. The van der Waals surface area contributed by atoms with Crippen LogP contribution in [0.1, 0.15) is 25.5 Å². The normalized spacial score (nSPS) is 16.9. The number of carbonyl (C=O) groups excluding carboxylic acids is 2. The van der Waals surface area contributed by atoms with E-state index in [0.717, 1.165) is 31.8 Å². The molecule has 0 spiro atoms. The first-order valence-electron chi connectivity index (χ1n) is 6.96. The largest absolute Gasteiger partial charge is 0.467 e. The van der Waals surface area contributed by atoms with Gasteiger partial charge >= 0.3 is 6.03 Å². The topological polar surface area (TPSA) is 74.6 Å². The Bertz CT molecular complexity index is 437. The van der Waals surface area contributed by atoms with Crippen molar-refractivity contribution in [3.8, 4) is 0 Å². The summed E-state index contributed by atoms with van der Waals surface area (Å²) in [7, 11) is 0. The van der Waals surface area contributed by atoms with E-state index in [0.29, 0.717) is 5.76 Å². The molecule has 0 aliphatic carbocycles. The van der Waals surface area contributed by atoms with E-state index in [2.05, 4.69) is 22.5 Å². The molecule has 6 heteroatoms. The van der Waals surface area contributed by atoms with E-state index in [1.165, 1.54) is 6.26 Å². The van der Waals surface area contributed by atoms with Crippen LogP contribution in [0.15, 0.2) is 22.8 Å². The number of hydrogen-bond donors (Lipinski definition) is 2. The molecule has 1 aliphatic heterocycles. The van der Waals surface area contributed by atoms with Crippen molar-refractivity contribution in [3.05, 3.63) is 24.2 Å². The van der Waals surface area contributed by atoms with Gasteiger partial charge in [0.05, 0.1) is 19.4 Å². The molecule has 1 aromatic heterocycles. The highest BCUT2D eigenvalue weighted by atomic mass is 16.3. The zero-order valence-corrected chi connectivity index (χ0v) is 11.7. The molecule has 0 atom stereocenters. The maximum absolute atomic E-state index is 11.7. The van der Waals surface area contributed by atoms with Crippen molar-refractivity contribution in [1.29, 1.82) is 0 Å². The second-order valence-corrected chi connectivity index (χ2v) is 5.27. The molecular weight excluding hydrogens is 258 g/mol. The van der Waals surface area contributed by atoms with Gasteiger partial charge in [-0.3, -0.25) is 15.0 Å². The van der Waals surface area contributed by atoms with Crippen molar-refractivity contribution in [3.63, 3.8) is 0 Å². The average molecular weight is 279 g/mol. The number of amides is 3. The van der Waals surface area contributed by atoms with Crippen LogP contribution in [0.5, 0.6) is 0 Å². The predicted octanol–water partition coefficient (Wildman–Crippen LogP) is 1.34. The first-order chi connectivity index (χ1) is 9.63. The quantitative estimate of drug-likeness (QED) is 0.872. The molecule has 0 bridgehead atoms. The lowest BCUT2D eigenvalue weighted by atomic mass is 9.99. The summed E-state index contributed by atoms with van der Waals surface area (Å²) in [6.45, 7) is 4.61. The number of hydrogen-bond acceptors (Lipinski definition) is 4. The first-order valence-corrected chi connectivity index (χ1v) is 6.96. The maximum Gasteiger partial charge on any atom is 0.321 e. The molecule has 20 heavy (non-hydrogen) atoms. The third-order valence-corrected chi connectivity index (χ3v) is 3.50. The lowest BCUT2D eigenvalue weighted by Gasteiger charge is -2.29. The number of rotatable bonds is 4. The van der Waals surface area contributed by atoms with Crippen molar-refractivity contribution in [2.75, 3.05) is 19.6 Å². The van der Waals surface area contributed by atoms with E-state index in [1.54, 1.807) is 12.1 Å². The smallest absolute Gasteiger partial charge is 0.321 e. The molecule has 1 saturated heterocycles. The summed E-state index contributed by atoms with van der Waals surface area (Å²) in [6, 6.07) is 3.02. The minimum Gasteiger partial charge on any atom is -0.467 e. The summed E-state index contributed by atoms with van der Waals surface area (Å²) < 4.78 is 5.08. The van der Waals surface area contributed by atoms with Gasteiger partial charge in [0.25, 0.3) is 0 Å². The zero-order valence-electron chi connectivity index (χ0n) is 11.7. The summed E-state index contributed by atoms with van der Waals surface area (Å²) in [6.07, 6.45) is 3.76. The van der Waals surface area contributed by atoms with Crippen LogP contribution >= 0.6 is 0 Å². The summed E-state index contributed by atoms with van der Waals surface area (Å²) in [5.74, 6) is 1.11. The highest BCUT2D eigenvalue weighted by Gasteiger charge is 2.18. The Morgan fingerprint density at radius 2 is 2.15 bits per heavy atom. The Hall–Kier alpha value is -1.82. The number of imide groups is 1. The molecule has 6 nitrogen and oxygen atoms in total. The van der Waals surface area contributed by atoms with Crippen molar-refractivity contribution in [2.45, 2.75) is 26.3 Å². The van der Waals surface area contributed by atoms with Crippen molar-refractivity contribution < 1.29 is 14.0 Å². The summed E-state index contributed by atoms with van der Waals surface area (Å²) >= 11 is 0. The average Bonchev–Trinajstić information content (AvgIpc) is 2.92. The Kier molecular flexibility index (Phi) is 5.17. The molecule has 0 saturated carbocycles. The van der Waals surface area contributed by atoms with E-state index in [4.69, 9.17) is 4.42 Å². The van der Waals surface area contributed by atoms with Gasteiger partial charge in [-0.2, -0.15) is 0 Å². The van der Waals surface area contributed by atoms with Crippen molar-refractivity contribution in [2.24, 2.45) is 5.92 Å². The van der Waals surface area contributed by atoms with Gasteiger partial charge in [-0.1, -0.05) is 6.92 Å². The first kappa shape index (κ1) is 14.6. The van der Waals surface area contributed by atoms with E-state index >= 15 is 0 Å². The molecule has 110 valence electrons. The van der Waals surface area contributed by atoms with Gasteiger partial charge in [0.1, 0.15) is 5.76 Å². The predicted molar refractivity (Wildman–Crippen MR) is 73.9 cm³/mol. The van der Waals surface area contributed by atoms with Gasteiger partial charge in [-0.15, -0.1) is 0 Å². The van der Waals surface area contributed by atoms with Gasteiger partial charge < -0.3 is 9.73 Å². The second-order valence-electron chi connectivity index (χ2n) is 5.27. The zero-order chi connectivity index (χ0) is 14.4. The van der Waals surface area contributed by atoms with Gasteiger partial charge in [0, 0.05) is 0 Å². The highest BCUT2D eigenvalue weighted by molar-refractivity contribution is 5.95. The molecular formula is C14H21N3O3. The standard InChI is InChI=1S/C14H21N3O3/c1-11-4-6-17(7-5-11)10-13(18)16-14(19)15-9-12-3-2-8-20-12/h2-3,8,11H,4-7,9-10H2,1H3,(H2,15,16,18,19). The fourth-order valence-electron chi connectivity index (χ4n) is 2.21. The van der Waals surface area contributed by atoms with Crippen molar-refractivity contribution >= 4 is 11.9 Å². The molecule has 0 unspecified atom stereocenters. The molecule has 1 fully saturated rings. The molecule has 2 heterocycles. The third kappa shape index (κ3) is 4.70. The van der Waals surface area contributed by atoms with E-state index in [1.807, 2.05) is 0 Å². The van der Waals surface area contributed by atoms with Crippen molar-refractivity contribution in [1.82, 2.24) is 15.5 Å². The summed E-state index contributed by atoms with van der Waals surface area (Å²) in [5.41, 5.74) is 0. The van der Waals surface area contributed by atoms with Gasteiger partial charge in [0.2, 0.25) is 5.91 Å². The number of furan rings is 1. The van der Waals surface area contributed by atoms with Crippen LogP contribution in [0, 0.1) is 5.92 Å². The Balaban J connectivity index is 1.64. The van der Waals surface area contributed by atoms with E-state index in [-0.39, 0.29) is 19.0 Å². The van der Waals surface area contributed by atoms with E-state index < -0.39 is 6.03 Å². The van der Waals surface area contributed by atoms with Crippen LogP contribution in [0.25, 0.3) is 0 Å². The molecule has 0 radical (unpaired) electrons. The van der Waals surface area contributed by atoms with Crippen LogP contribution in [0.4, 0.5) is 4.79 Å². The lowest BCUT2D eigenvalue weighted by Crippen LogP contribution is -2.46. The Morgan fingerprint density at radius 1 is 1.40 bits per heavy atom. The van der Waals surface area contributed by atoms with Crippen LogP contribution in [-0.2, 0) is 11.3 Å². The summed E-state index contributed by atoms with van der Waals surface area (Å²) in [4.78, 5) is 25.3. The van der Waals surface area contributed by atoms with E-state index in [9.17, 15) is 9.59 Å². The minimum absolute atomic E-state index is 0.267. The number of urea groups is 1. The number of likely N-dealkylation sites (tertiary alicyclic amines) is 1. The van der Waals surface area contributed by atoms with Crippen LogP contribution in [0.3, 0.4) is 0 Å². The number of nitrogens with zero attached hydrogens (tertiary/aromatic N) is 1. The Labute approximate surface area is 118 Å². The fourth-order valence-corrected chi connectivity index (χ4v) is 2.21. The Morgan fingerprint density at radius 3 is 2.80 bits per heavy atom. The minimum atomic E-state index is -0.489. The van der Waals surface area contributed by atoms with Gasteiger partial charge in [-0.25, -0.2) is 4.79 Å². The number of piperidine rings is 1. The van der Waals surface area contributed by atoms with Gasteiger partial charge in [0.15, 0.2) is 0 Å². The second kappa shape index (κ2) is 7.09. The number of carbonyl (C=O) groups is 2. The summed E-state index contributed by atoms with van der Waals surface area (Å²) in [5, 5.41) is 4.91.